The number of ether oxygens (including phenoxy) is 1. The minimum absolute atomic E-state index is 0.0726. The number of carbonyl (C=O) groups is 1. The van der Waals surface area contributed by atoms with E-state index in [4.69, 9.17) is 9.84 Å². The quantitative estimate of drug-likeness (QED) is 0.602. The van der Waals surface area contributed by atoms with E-state index in [9.17, 15) is 9.18 Å². The fourth-order valence-corrected chi connectivity index (χ4v) is 4.99. The lowest BCUT2D eigenvalue weighted by Gasteiger charge is -2.35. The average Bonchev–Trinajstić information content (AvgIpc) is 3.26. The Labute approximate surface area is 199 Å². The molecule has 2 aromatic carbocycles. The number of carbonyl (C=O) groups excluding carboxylic acids is 1. The fraction of sp³-hybridized carbons (Fsp3) is 0.407. The molecular weight excluding hydrogens is 431 g/mol. The predicted molar refractivity (Wildman–Crippen MR) is 129 cm³/mol. The van der Waals surface area contributed by atoms with Gasteiger partial charge in [-0.15, -0.1) is 0 Å². The van der Waals surface area contributed by atoms with Crippen molar-refractivity contribution in [3.8, 4) is 5.69 Å². The second-order valence-corrected chi connectivity index (χ2v) is 9.15. The molecule has 0 radical (unpaired) electrons. The van der Waals surface area contributed by atoms with Gasteiger partial charge in [-0.1, -0.05) is 29.8 Å². The van der Waals surface area contributed by atoms with Gasteiger partial charge >= 0.3 is 0 Å². The summed E-state index contributed by atoms with van der Waals surface area (Å²) >= 11 is 0. The first-order valence-electron chi connectivity index (χ1n) is 12.1. The average molecular weight is 463 g/mol. The van der Waals surface area contributed by atoms with Crippen LogP contribution in [-0.4, -0.2) is 53.4 Å². The van der Waals surface area contributed by atoms with Crippen molar-refractivity contribution in [3.05, 3.63) is 82.4 Å². The molecule has 0 spiro atoms. The molecule has 1 aliphatic heterocycles. The topological polar surface area (TPSA) is 59.4 Å². The summed E-state index contributed by atoms with van der Waals surface area (Å²) in [4.78, 5) is 15.8. The largest absolute Gasteiger partial charge is 0.379 e. The molecule has 3 aromatic rings. The third-order valence-corrected chi connectivity index (χ3v) is 6.87. The van der Waals surface area contributed by atoms with Crippen molar-refractivity contribution in [1.82, 2.24) is 20.0 Å². The van der Waals surface area contributed by atoms with Gasteiger partial charge in [-0.2, -0.15) is 5.10 Å². The van der Waals surface area contributed by atoms with Crippen LogP contribution >= 0.6 is 0 Å². The fourth-order valence-electron chi connectivity index (χ4n) is 4.99. The van der Waals surface area contributed by atoms with Crippen LogP contribution < -0.4 is 5.32 Å². The highest BCUT2D eigenvalue weighted by Crippen LogP contribution is 2.28. The third-order valence-electron chi connectivity index (χ3n) is 6.87. The zero-order valence-corrected chi connectivity index (χ0v) is 19.6. The Morgan fingerprint density at radius 1 is 1.06 bits per heavy atom. The SMILES string of the molecule is Cc1ccc(C(CNC(=O)c2nn(-c3ccc(F)cc3)c3c2CCCC3)N2CCOCC2)cc1. The molecule has 2 heterocycles. The summed E-state index contributed by atoms with van der Waals surface area (Å²) in [7, 11) is 0. The van der Waals surface area contributed by atoms with Crippen LogP contribution in [0.25, 0.3) is 5.69 Å². The van der Waals surface area contributed by atoms with E-state index in [1.807, 2.05) is 4.68 Å². The molecule has 0 saturated carbocycles. The van der Waals surface area contributed by atoms with E-state index in [-0.39, 0.29) is 17.8 Å². The van der Waals surface area contributed by atoms with Gasteiger partial charge in [0.05, 0.1) is 24.9 Å². The normalized spacial score (nSPS) is 17.2. The Morgan fingerprint density at radius 3 is 2.50 bits per heavy atom. The molecule has 7 heteroatoms. The molecule has 0 bridgehead atoms. The molecule has 34 heavy (non-hydrogen) atoms. The summed E-state index contributed by atoms with van der Waals surface area (Å²) in [6.45, 7) is 5.65. The van der Waals surface area contributed by atoms with Gasteiger partial charge in [-0.3, -0.25) is 9.69 Å². The molecule has 1 atom stereocenters. The Kier molecular flexibility index (Phi) is 6.74. The van der Waals surface area contributed by atoms with Crippen LogP contribution in [0.1, 0.15) is 51.8 Å². The van der Waals surface area contributed by atoms with Gasteiger partial charge in [-0.05, 0) is 62.4 Å². The van der Waals surface area contributed by atoms with Crippen LogP contribution in [0, 0.1) is 12.7 Å². The second-order valence-electron chi connectivity index (χ2n) is 9.15. The second kappa shape index (κ2) is 10.1. The van der Waals surface area contributed by atoms with Gasteiger partial charge in [0.2, 0.25) is 0 Å². The lowest BCUT2D eigenvalue weighted by Crippen LogP contribution is -2.44. The van der Waals surface area contributed by atoms with Gasteiger partial charge in [0, 0.05) is 30.9 Å². The first kappa shape index (κ1) is 22.7. The summed E-state index contributed by atoms with van der Waals surface area (Å²) < 4.78 is 20.8. The summed E-state index contributed by atoms with van der Waals surface area (Å²) in [6.07, 6.45) is 3.81. The maximum Gasteiger partial charge on any atom is 0.272 e. The van der Waals surface area contributed by atoms with E-state index in [2.05, 4.69) is 41.4 Å². The molecular formula is C27H31FN4O2. The number of nitrogens with zero attached hydrogens (tertiary/aromatic N) is 3. The van der Waals surface area contributed by atoms with E-state index in [1.165, 1.54) is 23.3 Å². The van der Waals surface area contributed by atoms with Crippen molar-refractivity contribution in [3.63, 3.8) is 0 Å². The number of halogens is 1. The number of rotatable bonds is 6. The van der Waals surface area contributed by atoms with Crippen LogP contribution in [0.4, 0.5) is 4.39 Å². The maximum absolute atomic E-state index is 13.5. The molecule has 1 unspecified atom stereocenters. The number of hydrogen-bond donors (Lipinski definition) is 1. The minimum Gasteiger partial charge on any atom is -0.379 e. The Morgan fingerprint density at radius 2 is 1.76 bits per heavy atom. The van der Waals surface area contributed by atoms with E-state index in [0.717, 1.165) is 55.7 Å². The zero-order chi connectivity index (χ0) is 23.5. The minimum atomic E-state index is -0.284. The molecule has 1 fully saturated rings. The van der Waals surface area contributed by atoms with Crippen LogP contribution in [0.2, 0.25) is 0 Å². The molecule has 178 valence electrons. The van der Waals surface area contributed by atoms with Crippen molar-refractivity contribution in [1.29, 1.82) is 0 Å². The standard InChI is InChI=1S/C27H31FN4O2/c1-19-6-8-20(9-7-19)25(31-14-16-34-17-15-31)18-29-27(33)26-23-4-2-3-5-24(23)32(30-26)22-12-10-21(28)11-13-22/h6-13,25H,2-5,14-18H2,1H3,(H,29,33). The molecule has 5 rings (SSSR count). The number of morpholine rings is 1. The van der Waals surface area contributed by atoms with Gasteiger partial charge in [0.15, 0.2) is 5.69 Å². The lowest BCUT2D eigenvalue weighted by atomic mass is 9.95. The van der Waals surface area contributed by atoms with Crippen LogP contribution in [-0.2, 0) is 17.6 Å². The van der Waals surface area contributed by atoms with Crippen molar-refractivity contribution in [2.75, 3.05) is 32.8 Å². The predicted octanol–water partition coefficient (Wildman–Crippen LogP) is 4.00. The summed E-state index contributed by atoms with van der Waals surface area (Å²) in [6, 6.07) is 14.9. The molecule has 1 amide bonds. The van der Waals surface area contributed by atoms with Gasteiger partial charge in [0.25, 0.3) is 5.91 Å². The van der Waals surface area contributed by atoms with E-state index in [1.54, 1.807) is 12.1 Å². The van der Waals surface area contributed by atoms with Crippen molar-refractivity contribution in [2.45, 2.75) is 38.6 Å². The Balaban J connectivity index is 1.39. The smallest absolute Gasteiger partial charge is 0.272 e. The zero-order valence-electron chi connectivity index (χ0n) is 19.6. The summed E-state index contributed by atoms with van der Waals surface area (Å²) in [5.41, 5.74) is 5.75. The van der Waals surface area contributed by atoms with E-state index < -0.39 is 0 Å². The Hall–Kier alpha value is -3.03. The summed E-state index contributed by atoms with van der Waals surface area (Å²) in [5, 5.41) is 7.89. The van der Waals surface area contributed by atoms with Crippen LogP contribution in [0.15, 0.2) is 48.5 Å². The number of aryl methyl sites for hydroxylation is 1. The molecule has 1 saturated heterocycles. The molecule has 1 N–H and O–H groups in total. The monoisotopic (exact) mass is 462 g/mol. The van der Waals surface area contributed by atoms with Crippen molar-refractivity contribution in [2.24, 2.45) is 0 Å². The number of aromatic nitrogens is 2. The highest BCUT2D eigenvalue weighted by atomic mass is 19.1. The van der Waals surface area contributed by atoms with Crippen LogP contribution in [0.3, 0.4) is 0 Å². The maximum atomic E-state index is 13.5. The molecule has 1 aromatic heterocycles. The van der Waals surface area contributed by atoms with Crippen molar-refractivity contribution >= 4 is 5.91 Å². The van der Waals surface area contributed by atoms with E-state index >= 15 is 0 Å². The van der Waals surface area contributed by atoms with E-state index in [0.29, 0.717) is 25.5 Å². The lowest BCUT2D eigenvalue weighted by molar-refractivity contribution is 0.0162. The number of fused-ring (bicyclic) bond motifs is 1. The number of benzene rings is 2. The van der Waals surface area contributed by atoms with Gasteiger partial charge < -0.3 is 10.1 Å². The molecule has 6 nitrogen and oxygen atoms in total. The number of amides is 1. The number of hydrogen-bond acceptors (Lipinski definition) is 4. The highest BCUT2D eigenvalue weighted by Gasteiger charge is 2.28. The first-order chi connectivity index (χ1) is 16.6. The van der Waals surface area contributed by atoms with Crippen LogP contribution in [0.5, 0.6) is 0 Å². The third kappa shape index (κ3) is 4.76. The highest BCUT2D eigenvalue weighted by molar-refractivity contribution is 5.94. The molecule has 1 aliphatic carbocycles. The summed E-state index contributed by atoms with van der Waals surface area (Å²) in [5.74, 6) is -0.433. The van der Waals surface area contributed by atoms with Gasteiger partial charge in [-0.25, -0.2) is 9.07 Å². The number of nitrogens with one attached hydrogen (secondary N) is 1. The molecule has 2 aliphatic rings. The van der Waals surface area contributed by atoms with Gasteiger partial charge in [0.1, 0.15) is 5.82 Å². The first-order valence-corrected chi connectivity index (χ1v) is 12.1. The van der Waals surface area contributed by atoms with Crippen molar-refractivity contribution < 1.29 is 13.9 Å². The Bertz CT molecular complexity index is 1130.